The Morgan fingerprint density at radius 1 is 1.45 bits per heavy atom. The summed E-state index contributed by atoms with van der Waals surface area (Å²) in [6.45, 7) is 3.51. The van der Waals surface area contributed by atoms with Crippen LogP contribution in [0.15, 0.2) is 22.7 Å². The second-order valence-corrected chi connectivity index (χ2v) is 7.01. The number of nitrogens with zero attached hydrogens (tertiary/aromatic N) is 1. The molecule has 1 aromatic carbocycles. The predicted molar refractivity (Wildman–Crippen MR) is 83.8 cm³/mol. The molecule has 0 spiro atoms. The second kappa shape index (κ2) is 5.66. The molecule has 2 saturated heterocycles. The maximum atomic E-state index is 12.7. The number of rotatable bonds is 2. The minimum absolute atomic E-state index is 0.123. The number of halogens is 1. The molecule has 1 aromatic rings. The van der Waals surface area contributed by atoms with Crippen LogP contribution < -0.4 is 0 Å². The van der Waals surface area contributed by atoms with Gasteiger partial charge in [-0.1, -0.05) is 6.07 Å². The van der Waals surface area contributed by atoms with Gasteiger partial charge < -0.3 is 14.7 Å². The van der Waals surface area contributed by atoms with Crippen molar-refractivity contribution < 1.29 is 19.4 Å². The van der Waals surface area contributed by atoms with Crippen molar-refractivity contribution >= 4 is 27.8 Å². The molecule has 6 heteroatoms. The summed E-state index contributed by atoms with van der Waals surface area (Å²) in [6.07, 6.45) is 0.464. The van der Waals surface area contributed by atoms with Gasteiger partial charge in [-0.2, -0.15) is 0 Å². The molecule has 0 aromatic heterocycles. The number of likely N-dealkylation sites (tertiary alicyclic amines) is 1. The number of benzene rings is 1. The molecule has 0 radical (unpaired) electrons. The molecule has 2 aliphatic heterocycles. The average Bonchev–Trinajstić information content (AvgIpc) is 2.87. The van der Waals surface area contributed by atoms with Gasteiger partial charge in [0.05, 0.1) is 17.6 Å². The van der Waals surface area contributed by atoms with Crippen molar-refractivity contribution in [2.75, 3.05) is 26.3 Å². The molecule has 118 valence electrons. The molecule has 0 bridgehead atoms. The zero-order valence-corrected chi connectivity index (χ0v) is 13.9. The van der Waals surface area contributed by atoms with Crippen molar-refractivity contribution in [2.45, 2.75) is 13.3 Å². The first-order valence-electron chi connectivity index (χ1n) is 7.30. The van der Waals surface area contributed by atoms with Gasteiger partial charge in [-0.05, 0) is 47.0 Å². The Labute approximate surface area is 137 Å². The zero-order chi connectivity index (χ0) is 15.9. The first-order valence-corrected chi connectivity index (χ1v) is 8.10. The number of hydrogen-bond acceptors (Lipinski definition) is 3. The van der Waals surface area contributed by atoms with Gasteiger partial charge >= 0.3 is 5.97 Å². The van der Waals surface area contributed by atoms with Gasteiger partial charge in [0, 0.05) is 30.1 Å². The zero-order valence-electron chi connectivity index (χ0n) is 12.3. The Morgan fingerprint density at radius 3 is 2.86 bits per heavy atom. The lowest BCUT2D eigenvalue weighted by molar-refractivity contribution is -0.157. The normalized spacial score (nSPS) is 27.5. The highest BCUT2D eigenvalue weighted by Gasteiger charge is 2.55. The molecule has 0 saturated carbocycles. The number of carbonyl (C=O) groups excluding carboxylic acids is 1. The lowest BCUT2D eigenvalue weighted by Gasteiger charge is -2.33. The monoisotopic (exact) mass is 367 g/mol. The Morgan fingerprint density at radius 2 is 2.23 bits per heavy atom. The third kappa shape index (κ3) is 2.44. The van der Waals surface area contributed by atoms with Crippen molar-refractivity contribution in [3.8, 4) is 0 Å². The van der Waals surface area contributed by atoms with Gasteiger partial charge in [0.25, 0.3) is 5.91 Å². The van der Waals surface area contributed by atoms with Crippen LogP contribution in [-0.2, 0) is 9.53 Å². The minimum atomic E-state index is -0.856. The van der Waals surface area contributed by atoms with Gasteiger partial charge in [-0.25, -0.2) is 0 Å². The maximum Gasteiger partial charge on any atom is 0.311 e. The summed E-state index contributed by atoms with van der Waals surface area (Å²) in [5.74, 6) is -1.08. The van der Waals surface area contributed by atoms with Gasteiger partial charge in [0.1, 0.15) is 0 Å². The fourth-order valence-electron chi connectivity index (χ4n) is 3.42. The minimum Gasteiger partial charge on any atom is -0.481 e. The molecule has 0 unspecified atom stereocenters. The predicted octanol–water partition coefficient (Wildman–Crippen LogP) is 2.32. The first-order chi connectivity index (χ1) is 10.4. The Bertz CT molecular complexity index is 633. The van der Waals surface area contributed by atoms with E-state index in [4.69, 9.17) is 4.74 Å². The van der Waals surface area contributed by atoms with Crippen LogP contribution >= 0.6 is 15.9 Å². The number of fused-ring (bicyclic) bond motifs is 1. The third-order valence-electron chi connectivity index (χ3n) is 4.77. The van der Waals surface area contributed by atoms with Crippen molar-refractivity contribution in [1.82, 2.24) is 4.90 Å². The molecule has 2 heterocycles. The summed E-state index contributed by atoms with van der Waals surface area (Å²) in [5.41, 5.74) is 0.782. The standard InChI is InChI=1S/C16H18BrNO4/c1-10-2-3-12(13(17)6-10)14(19)18-7-11-8-22-5-4-16(11,9-18)15(20)21/h2-3,6,11H,4-5,7-9H2,1H3,(H,20,21)/t11-,16+/m0/s1. The van der Waals surface area contributed by atoms with E-state index in [1.165, 1.54) is 0 Å². The lowest BCUT2D eigenvalue weighted by Crippen LogP contribution is -2.45. The molecular weight excluding hydrogens is 350 g/mol. The van der Waals surface area contributed by atoms with E-state index in [-0.39, 0.29) is 18.4 Å². The molecule has 22 heavy (non-hydrogen) atoms. The van der Waals surface area contributed by atoms with E-state index in [1.807, 2.05) is 19.1 Å². The number of aryl methyl sites for hydroxylation is 1. The molecule has 5 nitrogen and oxygen atoms in total. The van der Waals surface area contributed by atoms with Crippen LogP contribution in [0.1, 0.15) is 22.3 Å². The van der Waals surface area contributed by atoms with Crippen molar-refractivity contribution in [1.29, 1.82) is 0 Å². The molecule has 1 amide bonds. The summed E-state index contributed by atoms with van der Waals surface area (Å²) < 4.78 is 6.16. The highest BCUT2D eigenvalue weighted by atomic mass is 79.9. The summed E-state index contributed by atoms with van der Waals surface area (Å²) in [4.78, 5) is 26.2. The highest BCUT2D eigenvalue weighted by molar-refractivity contribution is 9.10. The molecule has 2 fully saturated rings. The van der Waals surface area contributed by atoms with E-state index in [0.717, 1.165) is 10.0 Å². The number of carbonyl (C=O) groups is 2. The number of aliphatic carboxylic acids is 1. The molecular formula is C16H18BrNO4. The van der Waals surface area contributed by atoms with Gasteiger partial charge in [-0.3, -0.25) is 9.59 Å². The number of carboxylic acid groups (broad SMARTS) is 1. The van der Waals surface area contributed by atoms with Crippen LogP contribution in [-0.4, -0.2) is 48.2 Å². The summed E-state index contributed by atoms with van der Waals surface area (Å²) in [5, 5.41) is 9.66. The first kappa shape index (κ1) is 15.5. The Kier molecular flexibility index (Phi) is 3.99. The summed E-state index contributed by atoms with van der Waals surface area (Å²) in [7, 11) is 0. The molecule has 2 atom stereocenters. The molecule has 0 aliphatic carbocycles. The third-order valence-corrected chi connectivity index (χ3v) is 5.43. The second-order valence-electron chi connectivity index (χ2n) is 6.15. The quantitative estimate of drug-likeness (QED) is 0.870. The van der Waals surface area contributed by atoms with Crippen LogP contribution in [0.3, 0.4) is 0 Å². The Balaban J connectivity index is 1.87. The largest absolute Gasteiger partial charge is 0.481 e. The van der Waals surface area contributed by atoms with Crippen molar-refractivity contribution in [3.05, 3.63) is 33.8 Å². The van der Waals surface area contributed by atoms with E-state index in [0.29, 0.717) is 31.7 Å². The van der Waals surface area contributed by atoms with E-state index >= 15 is 0 Å². The van der Waals surface area contributed by atoms with Gasteiger partial charge in [-0.15, -0.1) is 0 Å². The smallest absolute Gasteiger partial charge is 0.311 e. The topological polar surface area (TPSA) is 66.8 Å². The van der Waals surface area contributed by atoms with Crippen LogP contribution in [0.5, 0.6) is 0 Å². The van der Waals surface area contributed by atoms with Crippen LogP contribution in [0.25, 0.3) is 0 Å². The highest BCUT2D eigenvalue weighted by Crippen LogP contribution is 2.43. The van der Waals surface area contributed by atoms with E-state index in [2.05, 4.69) is 15.9 Å². The fourth-order valence-corrected chi connectivity index (χ4v) is 4.08. The SMILES string of the molecule is Cc1ccc(C(=O)N2C[C@H]3COCC[C@@]3(C(=O)O)C2)c(Br)c1. The van der Waals surface area contributed by atoms with Gasteiger partial charge in [0.2, 0.25) is 0 Å². The summed E-state index contributed by atoms with van der Waals surface area (Å²) >= 11 is 3.43. The van der Waals surface area contributed by atoms with Crippen LogP contribution in [0, 0.1) is 18.3 Å². The Hall–Kier alpha value is -1.40. The van der Waals surface area contributed by atoms with Crippen LogP contribution in [0.4, 0.5) is 0 Å². The van der Waals surface area contributed by atoms with E-state index in [1.54, 1.807) is 11.0 Å². The van der Waals surface area contributed by atoms with Gasteiger partial charge in [0.15, 0.2) is 0 Å². The molecule has 3 rings (SSSR count). The molecule has 1 N–H and O–H groups in total. The fraction of sp³-hybridized carbons (Fsp3) is 0.500. The lowest BCUT2D eigenvalue weighted by atomic mass is 9.74. The van der Waals surface area contributed by atoms with E-state index < -0.39 is 11.4 Å². The summed E-state index contributed by atoms with van der Waals surface area (Å²) in [6, 6.07) is 5.57. The number of hydrogen-bond donors (Lipinski definition) is 1. The number of amides is 1. The van der Waals surface area contributed by atoms with Crippen LogP contribution in [0.2, 0.25) is 0 Å². The maximum absolute atomic E-state index is 12.7. The molecule has 2 aliphatic rings. The van der Waals surface area contributed by atoms with Crippen molar-refractivity contribution in [2.24, 2.45) is 11.3 Å². The number of carboxylic acids is 1. The number of ether oxygens (including phenoxy) is 1. The van der Waals surface area contributed by atoms with E-state index in [9.17, 15) is 14.7 Å². The average molecular weight is 368 g/mol. The van der Waals surface area contributed by atoms with Crippen molar-refractivity contribution in [3.63, 3.8) is 0 Å².